The molecule has 7 nitrogen and oxygen atoms in total. The Morgan fingerprint density at radius 2 is 1.73 bits per heavy atom. The maximum atomic E-state index is 13.0. The van der Waals surface area contributed by atoms with Crippen molar-refractivity contribution in [2.75, 3.05) is 11.9 Å². The van der Waals surface area contributed by atoms with Gasteiger partial charge < -0.3 is 4.90 Å². The quantitative estimate of drug-likeness (QED) is 0.909. The molecule has 1 saturated carbocycles. The van der Waals surface area contributed by atoms with E-state index in [1.54, 1.807) is 24.7 Å². The van der Waals surface area contributed by atoms with Gasteiger partial charge >= 0.3 is 0 Å². The highest BCUT2D eigenvalue weighted by atomic mass is 16.2. The van der Waals surface area contributed by atoms with E-state index in [4.69, 9.17) is 0 Å². The van der Waals surface area contributed by atoms with Crippen LogP contribution in [0.3, 0.4) is 0 Å². The summed E-state index contributed by atoms with van der Waals surface area (Å²) in [6.45, 7) is 0.828. The number of anilines is 2. The summed E-state index contributed by atoms with van der Waals surface area (Å²) in [5.41, 5.74) is 0.889. The highest BCUT2D eigenvalue weighted by Gasteiger charge is 2.35. The van der Waals surface area contributed by atoms with Crippen LogP contribution in [0.25, 0.3) is 0 Å². The van der Waals surface area contributed by atoms with Crippen molar-refractivity contribution in [3.8, 4) is 0 Å². The second-order valence-corrected chi connectivity index (χ2v) is 7.03. The second kappa shape index (κ2) is 7.76. The summed E-state index contributed by atoms with van der Waals surface area (Å²) in [4.78, 5) is 32.2. The summed E-state index contributed by atoms with van der Waals surface area (Å²) in [5.74, 6) is 1.44. The molecule has 1 unspecified atom stereocenters. The van der Waals surface area contributed by atoms with Crippen LogP contribution in [0.5, 0.6) is 0 Å². The van der Waals surface area contributed by atoms with E-state index in [-0.39, 0.29) is 12.0 Å². The topological polar surface area (TPSA) is 83.9 Å². The zero-order chi connectivity index (χ0) is 17.8. The third kappa shape index (κ3) is 3.66. The molecular weight excluding hydrogens is 328 g/mol. The normalized spacial score (nSPS) is 20.9. The summed E-state index contributed by atoms with van der Waals surface area (Å²) in [7, 11) is 0. The van der Waals surface area contributed by atoms with Crippen LogP contribution in [0.4, 0.5) is 11.9 Å². The third-order valence-corrected chi connectivity index (χ3v) is 5.30. The number of amides is 1. The maximum Gasteiger partial charge on any atom is 0.229 e. The lowest BCUT2D eigenvalue weighted by molar-refractivity contribution is -0.137. The van der Waals surface area contributed by atoms with Crippen LogP contribution < -0.4 is 5.32 Å². The molecule has 1 saturated heterocycles. The molecule has 4 rings (SSSR count). The van der Waals surface area contributed by atoms with Gasteiger partial charge in [0.1, 0.15) is 0 Å². The van der Waals surface area contributed by atoms with Gasteiger partial charge in [-0.15, -0.1) is 0 Å². The summed E-state index contributed by atoms with van der Waals surface area (Å²) < 4.78 is 0. The number of carbonyl (C=O) groups is 1. The number of aromatic nitrogens is 4. The van der Waals surface area contributed by atoms with Crippen molar-refractivity contribution in [1.82, 2.24) is 24.8 Å². The number of carbonyl (C=O) groups excluding carboxylic acids is 1. The molecule has 1 N–H and O–H groups in total. The first-order chi connectivity index (χ1) is 12.8. The van der Waals surface area contributed by atoms with E-state index in [1.807, 2.05) is 11.0 Å². The number of likely N-dealkylation sites (tertiary alicyclic amines) is 1. The van der Waals surface area contributed by atoms with E-state index in [0.717, 1.165) is 37.9 Å². The van der Waals surface area contributed by atoms with Crippen molar-refractivity contribution in [1.29, 1.82) is 0 Å². The maximum absolute atomic E-state index is 13.0. The molecule has 2 aromatic rings. The second-order valence-electron chi connectivity index (χ2n) is 7.03. The zero-order valence-electron chi connectivity index (χ0n) is 14.8. The largest absolute Gasteiger partial charge is 0.334 e. The smallest absolute Gasteiger partial charge is 0.229 e. The first-order valence-electron chi connectivity index (χ1n) is 9.49. The van der Waals surface area contributed by atoms with Gasteiger partial charge in [0, 0.05) is 31.1 Å². The number of rotatable bonds is 4. The molecule has 1 aliphatic heterocycles. The summed E-state index contributed by atoms with van der Waals surface area (Å²) in [6, 6.07) is 3.72. The van der Waals surface area contributed by atoms with Crippen molar-refractivity contribution in [3.05, 3.63) is 36.4 Å². The minimum absolute atomic E-state index is 0.0460. The van der Waals surface area contributed by atoms with Gasteiger partial charge in [-0.1, -0.05) is 19.3 Å². The summed E-state index contributed by atoms with van der Waals surface area (Å²) in [6.07, 6.45) is 12.7. The minimum Gasteiger partial charge on any atom is -0.334 e. The Kier molecular flexibility index (Phi) is 5.04. The van der Waals surface area contributed by atoms with Gasteiger partial charge in [0.05, 0.1) is 11.7 Å². The van der Waals surface area contributed by atoms with E-state index in [1.165, 1.54) is 19.3 Å². The fourth-order valence-corrected chi connectivity index (χ4v) is 4.00. The van der Waals surface area contributed by atoms with Crippen molar-refractivity contribution in [2.45, 2.75) is 51.0 Å². The van der Waals surface area contributed by atoms with Gasteiger partial charge in [-0.05, 0) is 37.8 Å². The average Bonchev–Trinajstić information content (AvgIpc) is 3.19. The fourth-order valence-electron chi connectivity index (χ4n) is 4.00. The molecule has 7 heteroatoms. The van der Waals surface area contributed by atoms with Gasteiger partial charge in [-0.3, -0.25) is 10.1 Å². The van der Waals surface area contributed by atoms with Crippen molar-refractivity contribution < 1.29 is 4.79 Å². The Labute approximate surface area is 153 Å². The lowest BCUT2D eigenvalue weighted by Crippen LogP contribution is -2.36. The molecule has 2 aromatic heterocycles. The van der Waals surface area contributed by atoms with Gasteiger partial charge in [0.2, 0.25) is 17.8 Å². The zero-order valence-corrected chi connectivity index (χ0v) is 14.8. The molecule has 0 spiro atoms. The minimum atomic E-state index is 0.0460. The summed E-state index contributed by atoms with van der Waals surface area (Å²) in [5, 5.41) is 3.03. The predicted molar refractivity (Wildman–Crippen MR) is 97.6 cm³/mol. The van der Waals surface area contributed by atoms with Crippen molar-refractivity contribution in [3.63, 3.8) is 0 Å². The molecule has 26 heavy (non-hydrogen) atoms. The number of nitrogens with one attached hydrogen (secondary N) is 1. The van der Waals surface area contributed by atoms with Gasteiger partial charge in [0.25, 0.3) is 0 Å². The Morgan fingerprint density at radius 3 is 2.54 bits per heavy atom. The lowest BCUT2D eigenvalue weighted by Gasteiger charge is -2.30. The number of nitrogens with zero attached hydrogens (tertiary/aromatic N) is 5. The molecule has 2 aliphatic rings. The molecule has 1 aliphatic carbocycles. The molecular formula is C19H24N6O. The Hall–Kier alpha value is -2.57. The first kappa shape index (κ1) is 16.9. The molecule has 0 aromatic carbocycles. The summed E-state index contributed by atoms with van der Waals surface area (Å²) >= 11 is 0. The molecule has 0 bridgehead atoms. The van der Waals surface area contributed by atoms with Crippen LogP contribution in [-0.4, -0.2) is 37.3 Å². The van der Waals surface area contributed by atoms with Crippen LogP contribution in [-0.2, 0) is 4.79 Å². The first-order valence-corrected chi connectivity index (χ1v) is 9.49. The number of hydrogen-bond donors (Lipinski definition) is 1. The highest BCUT2D eigenvalue weighted by molar-refractivity contribution is 5.79. The Balaban J connectivity index is 1.50. The van der Waals surface area contributed by atoms with Crippen LogP contribution in [0.15, 0.2) is 30.7 Å². The molecule has 1 amide bonds. The standard InChI is InChI=1S/C19H24N6O/c26-17(14-6-2-1-3-7-14)25-13-4-8-16(25)15-9-12-22-19(23-15)24-18-20-10-5-11-21-18/h5,9-12,14,16H,1-4,6-8,13H2,(H,20,21,22,23,24). The lowest BCUT2D eigenvalue weighted by atomic mass is 9.88. The van der Waals surface area contributed by atoms with E-state index >= 15 is 0 Å². The monoisotopic (exact) mass is 352 g/mol. The molecule has 1 atom stereocenters. The average molecular weight is 352 g/mol. The van der Waals surface area contributed by atoms with Crippen molar-refractivity contribution in [2.24, 2.45) is 5.92 Å². The Bertz CT molecular complexity index is 747. The van der Waals surface area contributed by atoms with Gasteiger partial charge in [0.15, 0.2) is 0 Å². The van der Waals surface area contributed by atoms with E-state index in [2.05, 4.69) is 25.3 Å². The SMILES string of the molecule is O=C(C1CCCCC1)N1CCCC1c1ccnc(Nc2ncccn2)n1. The van der Waals surface area contributed by atoms with Crippen LogP contribution >= 0.6 is 0 Å². The van der Waals surface area contributed by atoms with Crippen LogP contribution in [0, 0.1) is 5.92 Å². The predicted octanol–water partition coefficient (Wildman–Crippen LogP) is 3.25. The van der Waals surface area contributed by atoms with E-state index in [9.17, 15) is 4.79 Å². The van der Waals surface area contributed by atoms with Crippen LogP contribution in [0.1, 0.15) is 56.7 Å². The highest BCUT2D eigenvalue weighted by Crippen LogP contribution is 2.35. The van der Waals surface area contributed by atoms with E-state index < -0.39 is 0 Å². The number of hydrogen-bond acceptors (Lipinski definition) is 6. The fraction of sp³-hybridized carbons (Fsp3) is 0.526. The van der Waals surface area contributed by atoms with Crippen LogP contribution in [0.2, 0.25) is 0 Å². The molecule has 136 valence electrons. The molecule has 0 radical (unpaired) electrons. The third-order valence-electron chi connectivity index (χ3n) is 5.30. The Morgan fingerprint density at radius 1 is 0.962 bits per heavy atom. The van der Waals surface area contributed by atoms with Crippen molar-refractivity contribution >= 4 is 17.8 Å². The van der Waals surface area contributed by atoms with E-state index in [0.29, 0.717) is 17.8 Å². The molecule has 3 heterocycles. The van der Waals surface area contributed by atoms with Gasteiger partial charge in [-0.2, -0.15) is 0 Å². The molecule has 2 fully saturated rings. The van der Waals surface area contributed by atoms with Gasteiger partial charge in [-0.25, -0.2) is 19.9 Å².